The van der Waals surface area contributed by atoms with Gasteiger partial charge < -0.3 is 14.4 Å². The molecule has 3 rings (SSSR count). The molecule has 0 N–H and O–H groups in total. The molecule has 3 aromatic rings. The lowest BCUT2D eigenvalue weighted by atomic mass is 10.1. The second kappa shape index (κ2) is 13.2. The first kappa shape index (κ1) is 26.6. The second-order valence-electron chi connectivity index (χ2n) is 8.37. The van der Waals surface area contributed by atoms with Gasteiger partial charge in [-0.25, -0.2) is 9.37 Å². The third-order valence-corrected chi connectivity index (χ3v) is 6.45. The molecule has 0 saturated heterocycles. The van der Waals surface area contributed by atoms with E-state index in [1.807, 2.05) is 28.5 Å². The number of halogens is 1. The zero-order valence-electron chi connectivity index (χ0n) is 20.9. The SMILES string of the molecule is CCCN(CCC)C(=O)c1csc(CN(Cc2ccc(F)cc2)Cc2ccc(OC)cc2OC)n1. The molecule has 6 nitrogen and oxygen atoms in total. The third-order valence-electron chi connectivity index (χ3n) is 5.61. The summed E-state index contributed by atoms with van der Waals surface area (Å²) in [6, 6.07) is 12.3. The Labute approximate surface area is 211 Å². The average Bonchev–Trinajstić information content (AvgIpc) is 3.33. The minimum absolute atomic E-state index is 0.0156. The van der Waals surface area contributed by atoms with Gasteiger partial charge in [0.1, 0.15) is 28.0 Å². The summed E-state index contributed by atoms with van der Waals surface area (Å²) in [5.74, 6) is 1.18. The summed E-state index contributed by atoms with van der Waals surface area (Å²) in [4.78, 5) is 21.7. The first-order valence-electron chi connectivity index (χ1n) is 11.9. The molecule has 1 amide bonds. The van der Waals surface area contributed by atoms with Crippen LogP contribution in [-0.4, -0.2) is 48.0 Å². The van der Waals surface area contributed by atoms with Crippen molar-refractivity contribution >= 4 is 17.2 Å². The summed E-state index contributed by atoms with van der Waals surface area (Å²) < 4.78 is 24.4. The number of rotatable bonds is 13. The van der Waals surface area contributed by atoms with E-state index in [0.29, 0.717) is 25.3 Å². The lowest BCUT2D eigenvalue weighted by Crippen LogP contribution is -2.32. The first-order valence-corrected chi connectivity index (χ1v) is 12.8. The zero-order valence-corrected chi connectivity index (χ0v) is 21.7. The highest BCUT2D eigenvalue weighted by molar-refractivity contribution is 7.09. The summed E-state index contributed by atoms with van der Waals surface area (Å²) in [5.41, 5.74) is 2.49. The molecule has 0 bridgehead atoms. The zero-order chi connectivity index (χ0) is 25.2. The van der Waals surface area contributed by atoms with Gasteiger partial charge in [0.15, 0.2) is 0 Å². The van der Waals surface area contributed by atoms with E-state index in [1.54, 1.807) is 26.4 Å². The monoisotopic (exact) mass is 499 g/mol. The van der Waals surface area contributed by atoms with Crippen LogP contribution >= 0.6 is 11.3 Å². The number of methoxy groups -OCH3 is 2. The van der Waals surface area contributed by atoms with Crippen LogP contribution in [0, 0.1) is 5.82 Å². The Balaban J connectivity index is 1.82. The van der Waals surface area contributed by atoms with Crippen LogP contribution in [0.1, 0.15) is 53.3 Å². The molecule has 1 aromatic heterocycles. The predicted octanol–water partition coefficient (Wildman–Crippen LogP) is 5.76. The fourth-order valence-electron chi connectivity index (χ4n) is 3.93. The molecule has 0 unspecified atom stereocenters. The molecule has 0 spiro atoms. The lowest BCUT2D eigenvalue weighted by molar-refractivity contribution is 0.0750. The Bertz CT molecular complexity index is 1080. The van der Waals surface area contributed by atoms with E-state index in [0.717, 1.165) is 53.6 Å². The number of ether oxygens (including phenoxy) is 2. The normalized spacial score (nSPS) is 11.0. The van der Waals surface area contributed by atoms with Crippen LogP contribution in [0.25, 0.3) is 0 Å². The molecule has 8 heteroatoms. The summed E-state index contributed by atoms with van der Waals surface area (Å²) in [7, 11) is 3.26. The van der Waals surface area contributed by atoms with Gasteiger partial charge >= 0.3 is 0 Å². The minimum Gasteiger partial charge on any atom is -0.497 e. The smallest absolute Gasteiger partial charge is 0.273 e. The maximum Gasteiger partial charge on any atom is 0.273 e. The lowest BCUT2D eigenvalue weighted by Gasteiger charge is -2.23. The number of nitrogens with zero attached hydrogens (tertiary/aromatic N) is 3. The number of thiazole rings is 1. The highest BCUT2D eigenvalue weighted by Crippen LogP contribution is 2.27. The van der Waals surface area contributed by atoms with Crippen LogP contribution in [0.3, 0.4) is 0 Å². The van der Waals surface area contributed by atoms with Crippen LogP contribution in [0.2, 0.25) is 0 Å². The highest BCUT2D eigenvalue weighted by atomic mass is 32.1. The van der Waals surface area contributed by atoms with Gasteiger partial charge in [0.05, 0.1) is 20.8 Å². The summed E-state index contributed by atoms with van der Waals surface area (Å²) in [6.45, 7) is 7.33. The standard InChI is InChI=1S/C27H34FN3O3S/c1-5-13-31(14-6-2)27(32)24-19-35-26(29-24)18-30(16-20-7-10-22(28)11-8-20)17-21-9-12-23(33-3)15-25(21)34-4/h7-12,15,19H,5-6,13-14,16-18H2,1-4H3. The largest absolute Gasteiger partial charge is 0.497 e. The van der Waals surface area contributed by atoms with Crippen molar-refractivity contribution in [1.29, 1.82) is 0 Å². The van der Waals surface area contributed by atoms with Crippen LogP contribution in [0.4, 0.5) is 4.39 Å². The highest BCUT2D eigenvalue weighted by Gasteiger charge is 2.19. The number of carbonyl (C=O) groups is 1. The first-order chi connectivity index (χ1) is 17.0. The van der Waals surface area contributed by atoms with Gasteiger partial charge in [-0.15, -0.1) is 11.3 Å². The Hall–Kier alpha value is -2.97. The quantitative estimate of drug-likeness (QED) is 0.299. The molecule has 0 radical (unpaired) electrons. The average molecular weight is 500 g/mol. The molecule has 0 aliphatic heterocycles. The Morgan fingerprint density at radius 3 is 2.31 bits per heavy atom. The summed E-state index contributed by atoms with van der Waals surface area (Å²) >= 11 is 1.49. The third kappa shape index (κ3) is 7.50. The Morgan fingerprint density at radius 1 is 0.971 bits per heavy atom. The van der Waals surface area contributed by atoms with Crippen LogP contribution < -0.4 is 9.47 Å². The number of hydrogen-bond donors (Lipinski definition) is 0. The van der Waals surface area contributed by atoms with Crippen molar-refractivity contribution in [3.63, 3.8) is 0 Å². The number of carbonyl (C=O) groups excluding carboxylic acids is 1. The van der Waals surface area contributed by atoms with E-state index in [9.17, 15) is 9.18 Å². The maximum absolute atomic E-state index is 13.5. The molecule has 188 valence electrons. The van der Waals surface area contributed by atoms with Gasteiger partial charge in [0.25, 0.3) is 5.91 Å². The number of benzene rings is 2. The number of hydrogen-bond acceptors (Lipinski definition) is 6. The molecule has 0 saturated carbocycles. The second-order valence-corrected chi connectivity index (χ2v) is 9.31. The fraction of sp³-hybridized carbons (Fsp3) is 0.407. The van der Waals surface area contributed by atoms with Gasteiger partial charge in [-0.2, -0.15) is 0 Å². The van der Waals surface area contributed by atoms with E-state index in [2.05, 4.69) is 23.7 Å². The van der Waals surface area contributed by atoms with Gasteiger partial charge in [-0.3, -0.25) is 9.69 Å². The van der Waals surface area contributed by atoms with Gasteiger partial charge in [-0.05, 0) is 36.6 Å². The fourth-order valence-corrected chi connectivity index (χ4v) is 4.74. The molecule has 0 fully saturated rings. The van der Waals surface area contributed by atoms with Crippen molar-refractivity contribution < 1.29 is 18.7 Å². The van der Waals surface area contributed by atoms with Gasteiger partial charge in [0, 0.05) is 43.2 Å². The predicted molar refractivity (Wildman–Crippen MR) is 137 cm³/mol. The minimum atomic E-state index is -0.260. The topological polar surface area (TPSA) is 54.9 Å². The molecule has 0 aliphatic rings. The molecule has 1 heterocycles. The Kier molecular flexibility index (Phi) is 10.0. The van der Waals surface area contributed by atoms with Crippen molar-refractivity contribution in [2.24, 2.45) is 0 Å². The van der Waals surface area contributed by atoms with Crippen LogP contribution in [0.15, 0.2) is 47.8 Å². The van der Waals surface area contributed by atoms with Crippen molar-refractivity contribution in [3.05, 3.63) is 75.5 Å². The van der Waals surface area contributed by atoms with Crippen molar-refractivity contribution in [1.82, 2.24) is 14.8 Å². The Morgan fingerprint density at radius 2 is 1.69 bits per heavy atom. The van der Waals surface area contributed by atoms with Gasteiger partial charge in [-0.1, -0.05) is 32.0 Å². The molecular formula is C27H34FN3O3S. The molecule has 0 atom stereocenters. The van der Waals surface area contributed by atoms with Crippen molar-refractivity contribution in [3.8, 4) is 11.5 Å². The number of aromatic nitrogens is 1. The van der Waals surface area contributed by atoms with E-state index < -0.39 is 0 Å². The maximum atomic E-state index is 13.5. The van der Waals surface area contributed by atoms with E-state index in [1.165, 1.54) is 23.5 Å². The van der Waals surface area contributed by atoms with E-state index in [4.69, 9.17) is 9.47 Å². The molecule has 35 heavy (non-hydrogen) atoms. The number of amides is 1. The summed E-state index contributed by atoms with van der Waals surface area (Å²) in [5, 5.41) is 2.70. The van der Waals surface area contributed by atoms with E-state index >= 15 is 0 Å². The molecule has 0 aliphatic carbocycles. The molecule has 2 aromatic carbocycles. The molecular weight excluding hydrogens is 465 g/mol. The van der Waals surface area contributed by atoms with Crippen LogP contribution in [0.5, 0.6) is 11.5 Å². The van der Waals surface area contributed by atoms with E-state index in [-0.39, 0.29) is 11.7 Å². The van der Waals surface area contributed by atoms with Gasteiger partial charge in [0.2, 0.25) is 0 Å². The van der Waals surface area contributed by atoms with Crippen LogP contribution in [-0.2, 0) is 19.6 Å². The van der Waals surface area contributed by atoms with Crippen molar-refractivity contribution in [2.45, 2.75) is 46.3 Å². The van der Waals surface area contributed by atoms with Crippen molar-refractivity contribution in [2.75, 3.05) is 27.3 Å². The summed E-state index contributed by atoms with van der Waals surface area (Å²) in [6.07, 6.45) is 1.83.